The third-order valence-electron chi connectivity index (χ3n) is 7.68. The molecule has 3 aliphatic heterocycles. The number of benzene rings is 2. The first-order valence-corrected chi connectivity index (χ1v) is 11.5. The van der Waals surface area contributed by atoms with Crippen LogP contribution in [0.5, 0.6) is 11.5 Å². The Labute approximate surface area is 184 Å². The molecule has 0 amide bonds. The summed E-state index contributed by atoms with van der Waals surface area (Å²) in [6, 6.07) is 14.6. The van der Waals surface area contributed by atoms with Crippen molar-refractivity contribution in [3.63, 3.8) is 0 Å². The van der Waals surface area contributed by atoms with Crippen LogP contribution in [-0.2, 0) is 0 Å². The fourth-order valence-corrected chi connectivity index (χ4v) is 6.04. The third kappa shape index (κ3) is 3.57. The number of nitrogens with zero attached hydrogens (tertiary/aromatic N) is 2. The van der Waals surface area contributed by atoms with Gasteiger partial charge in [0.25, 0.3) is 0 Å². The average molecular weight is 417 g/mol. The van der Waals surface area contributed by atoms with E-state index >= 15 is 0 Å². The van der Waals surface area contributed by atoms with Crippen LogP contribution in [0.15, 0.2) is 48.7 Å². The number of aromatic hydroxyl groups is 1. The molecule has 4 nitrogen and oxygen atoms in total. The van der Waals surface area contributed by atoms with Crippen LogP contribution in [0.1, 0.15) is 48.8 Å². The molecule has 4 heteroatoms. The van der Waals surface area contributed by atoms with Crippen LogP contribution < -0.4 is 4.74 Å². The van der Waals surface area contributed by atoms with E-state index in [1.54, 1.807) is 7.11 Å². The zero-order valence-corrected chi connectivity index (χ0v) is 18.7. The van der Waals surface area contributed by atoms with Crippen molar-refractivity contribution >= 4 is 10.9 Å². The van der Waals surface area contributed by atoms with Crippen LogP contribution in [0.4, 0.5) is 0 Å². The van der Waals surface area contributed by atoms with E-state index in [0.29, 0.717) is 11.8 Å². The van der Waals surface area contributed by atoms with Crippen molar-refractivity contribution < 1.29 is 9.84 Å². The van der Waals surface area contributed by atoms with E-state index in [0.717, 1.165) is 40.6 Å². The highest BCUT2D eigenvalue weighted by Gasteiger charge is 2.44. The lowest BCUT2D eigenvalue weighted by molar-refractivity contribution is -0.00659. The zero-order chi connectivity index (χ0) is 21.5. The largest absolute Gasteiger partial charge is 0.508 e. The Bertz CT molecular complexity index is 1100. The van der Waals surface area contributed by atoms with Gasteiger partial charge in [-0.15, -0.1) is 0 Å². The molecule has 6 rings (SSSR count). The van der Waals surface area contributed by atoms with E-state index in [1.807, 2.05) is 30.5 Å². The van der Waals surface area contributed by atoms with Gasteiger partial charge in [0.1, 0.15) is 11.5 Å². The van der Waals surface area contributed by atoms with Crippen molar-refractivity contribution in [2.75, 3.05) is 20.2 Å². The minimum absolute atomic E-state index is 0.0955. The van der Waals surface area contributed by atoms with Gasteiger partial charge in [-0.1, -0.05) is 31.0 Å². The van der Waals surface area contributed by atoms with E-state index in [4.69, 9.17) is 4.74 Å². The van der Waals surface area contributed by atoms with Gasteiger partial charge in [0.15, 0.2) is 0 Å². The highest BCUT2D eigenvalue weighted by Crippen LogP contribution is 2.47. The first-order valence-electron chi connectivity index (χ1n) is 11.5. The van der Waals surface area contributed by atoms with Crippen molar-refractivity contribution in [1.82, 2.24) is 9.88 Å². The van der Waals surface area contributed by atoms with Crippen LogP contribution in [0.25, 0.3) is 10.9 Å². The molecule has 3 saturated heterocycles. The minimum atomic E-state index is 0.0955. The first kappa shape index (κ1) is 20.3. The second kappa shape index (κ2) is 8.16. The van der Waals surface area contributed by atoms with Crippen LogP contribution in [-0.4, -0.2) is 41.2 Å². The SMILES string of the molecule is CC[C@H]1CN2CC[C@H]1C[C@H]2[C@@H](c1cc(C)ccc1O)c1ccnc2ccc(OC)cc12. The summed E-state index contributed by atoms with van der Waals surface area (Å²) < 4.78 is 5.54. The number of pyridine rings is 1. The second-order valence-corrected chi connectivity index (χ2v) is 9.34. The van der Waals surface area contributed by atoms with E-state index in [-0.39, 0.29) is 5.92 Å². The van der Waals surface area contributed by atoms with Crippen molar-refractivity contribution in [2.45, 2.75) is 45.1 Å². The topological polar surface area (TPSA) is 45.6 Å². The molecule has 1 unspecified atom stereocenters. The number of ether oxygens (including phenoxy) is 1. The lowest BCUT2D eigenvalue weighted by Gasteiger charge is -2.52. The summed E-state index contributed by atoms with van der Waals surface area (Å²) in [7, 11) is 1.71. The van der Waals surface area contributed by atoms with Gasteiger partial charge in [0.05, 0.1) is 12.6 Å². The quantitative estimate of drug-likeness (QED) is 0.596. The van der Waals surface area contributed by atoms with Gasteiger partial charge in [0, 0.05) is 35.7 Å². The summed E-state index contributed by atoms with van der Waals surface area (Å²) in [6.07, 6.45) is 5.65. The smallest absolute Gasteiger partial charge is 0.119 e. The average Bonchev–Trinajstić information content (AvgIpc) is 2.81. The number of phenols is 1. The lowest BCUT2D eigenvalue weighted by Crippen LogP contribution is -2.55. The van der Waals surface area contributed by atoms with Crippen molar-refractivity contribution in [1.29, 1.82) is 0 Å². The number of methoxy groups -OCH3 is 1. The predicted molar refractivity (Wildman–Crippen MR) is 125 cm³/mol. The molecule has 1 aromatic heterocycles. The molecule has 0 radical (unpaired) electrons. The molecule has 31 heavy (non-hydrogen) atoms. The summed E-state index contributed by atoms with van der Waals surface area (Å²) in [4.78, 5) is 7.31. The molecule has 0 spiro atoms. The highest BCUT2D eigenvalue weighted by molar-refractivity contribution is 5.84. The van der Waals surface area contributed by atoms with Gasteiger partial charge in [-0.3, -0.25) is 9.88 Å². The van der Waals surface area contributed by atoms with Gasteiger partial charge in [-0.05, 0) is 74.0 Å². The number of aryl methyl sites for hydroxylation is 1. The standard InChI is InChI=1S/C27H32N2O2/c1-4-18-16-29-12-10-19(18)14-25(29)27(23-13-17(2)5-8-26(23)30)21-9-11-28-24-7-6-20(31-3)15-22(21)24/h5-9,11,13,15,18-19,25,27,30H,4,10,12,14,16H2,1-3H3/t18-,19-,25-,27+/m0/s1. The summed E-state index contributed by atoms with van der Waals surface area (Å²) >= 11 is 0. The maximum absolute atomic E-state index is 11.0. The molecule has 0 aliphatic carbocycles. The summed E-state index contributed by atoms with van der Waals surface area (Å²) in [6.45, 7) is 6.75. The molecular formula is C27H32N2O2. The fraction of sp³-hybridized carbons (Fsp3) is 0.444. The van der Waals surface area contributed by atoms with Crippen LogP contribution in [0, 0.1) is 18.8 Å². The molecule has 162 valence electrons. The van der Waals surface area contributed by atoms with Gasteiger partial charge in [-0.2, -0.15) is 0 Å². The Morgan fingerprint density at radius 3 is 2.77 bits per heavy atom. The summed E-state index contributed by atoms with van der Waals surface area (Å²) in [5.74, 6) is 2.89. The third-order valence-corrected chi connectivity index (χ3v) is 7.68. The number of aromatic nitrogens is 1. The molecule has 5 atom stereocenters. The minimum Gasteiger partial charge on any atom is -0.508 e. The van der Waals surface area contributed by atoms with Gasteiger partial charge < -0.3 is 9.84 Å². The van der Waals surface area contributed by atoms with Crippen LogP contribution in [0.3, 0.4) is 0 Å². The van der Waals surface area contributed by atoms with E-state index in [2.05, 4.69) is 41.9 Å². The Morgan fingerprint density at radius 1 is 1.16 bits per heavy atom. The second-order valence-electron chi connectivity index (χ2n) is 9.34. The van der Waals surface area contributed by atoms with Gasteiger partial charge >= 0.3 is 0 Å². The van der Waals surface area contributed by atoms with Crippen LogP contribution >= 0.6 is 0 Å². The number of piperidine rings is 3. The van der Waals surface area contributed by atoms with Crippen LogP contribution in [0.2, 0.25) is 0 Å². The molecule has 2 aromatic carbocycles. The number of hydrogen-bond acceptors (Lipinski definition) is 4. The number of phenolic OH excluding ortho intramolecular Hbond substituents is 1. The molecular weight excluding hydrogens is 384 g/mol. The van der Waals surface area contributed by atoms with Crippen molar-refractivity contribution in [3.05, 3.63) is 65.4 Å². The van der Waals surface area contributed by atoms with E-state index < -0.39 is 0 Å². The first-order chi connectivity index (χ1) is 15.1. The normalized spacial score (nSPS) is 26.2. The Kier molecular flexibility index (Phi) is 5.35. The summed E-state index contributed by atoms with van der Waals surface area (Å²) in [5.41, 5.74) is 4.41. The van der Waals surface area contributed by atoms with Crippen molar-refractivity contribution in [3.8, 4) is 11.5 Å². The number of fused-ring (bicyclic) bond motifs is 4. The molecule has 3 fully saturated rings. The van der Waals surface area contributed by atoms with E-state index in [1.165, 1.54) is 36.9 Å². The Morgan fingerprint density at radius 2 is 2.03 bits per heavy atom. The Hall–Kier alpha value is -2.59. The molecule has 1 N–H and O–H groups in total. The van der Waals surface area contributed by atoms with Crippen molar-refractivity contribution in [2.24, 2.45) is 11.8 Å². The van der Waals surface area contributed by atoms with Gasteiger partial charge in [0.2, 0.25) is 0 Å². The maximum Gasteiger partial charge on any atom is 0.119 e. The predicted octanol–water partition coefficient (Wildman–Crippen LogP) is 5.51. The molecule has 2 bridgehead atoms. The maximum atomic E-state index is 11.0. The molecule has 3 aliphatic rings. The lowest BCUT2D eigenvalue weighted by atomic mass is 9.69. The molecule has 0 saturated carbocycles. The highest BCUT2D eigenvalue weighted by atomic mass is 16.5. The summed E-state index contributed by atoms with van der Waals surface area (Å²) in [5, 5.41) is 12.1. The zero-order valence-electron chi connectivity index (χ0n) is 18.7. The Balaban J connectivity index is 1.69. The van der Waals surface area contributed by atoms with Gasteiger partial charge in [-0.25, -0.2) is 0 Å². The fourth-order valence-electron chi connectivity index (χ4n) is 6.04. The molecule has 3 aromatic rings. The number of rotatable bonds is 5. The van der Waals surface area contributed by atoms with E-state index in [9.17, 15) is 5.11 Å². The number of hydrogen-bond donors (Lipinski definition) is 1. The monoisotopic (exact) mass is 416 g/mol. The molecule has 4 heterocycles.